The lowest BCUT2D eigenvalue weighted by atomic mass is 9.96. The van der Waals surface area contributed by atoms with Crippen LogP contribution in [0.5, 0.6) is 11.5 Å². The summed E-state index contributed by atoms with van der Waals surface area (Å²) in [7, 11) is 2.94. The molecule has 33 heavy (non-hydrogen) atoms. The number of methoxy groups -OCH3 is 2. The van der Waals surface area contributed by atoms with Crippen LogP contribution in [-0.4, -0.2) is 36.1 Å². The second-order valence-corrected chi connectivity index (χ2v) is 7.72. The van der Waals surface area contributed by atoms with Crippen molar-refractivity contribution in [3.8, 4) is 11.5 Å². The molecule has 2 heterocycles. The van der Waals surface area contributed by atoms with Crippen molar-refractivity contribution in [3.05, 3.63) is 65.4 Å². The van der Waals surface area contributed by atoms with Crippen molar-refractivity contribution in [1.82, 2.24) is 9.78 Å². The van der Waals surface area contributed by atoms with Gasteiger partial charge >= 0.3 is 6.18 Å². The summed E-state index contributed by atoms with van der Waals surface area (Å²) >= 11 is 0. The molecule has 0 saturated carbocycles. The Balaban J connectivity index is 1.71. The third-order valence-electron chi connectivity index (χ3n) is 5.69. The van der Waals surface area contributed by atoms with Crippen LogP contribution in [0.15, 0.2) is 48.7 Å². The van der Waals surface area contributed by atoms with Crippen molar-refractivity contribution >= 4 is 17.4 Å². The van der Waals surface area contributed by atoms with Gasteiger partial charge in [-0.15, -0.1) is 0 Å². The van der Waals surface area contributed by atoms with Crippen LogP contribution in [0.2, 0.25) is 0 Å². The highest BCUT2D eigenvalue weighted by Gasteiger charge is 2.47. The van der Waals surface area contributed by atoms with Gasteiger partial charge in [-0.1, -0.05) is 24.3 Å². The Hall–Kier alpha value is -3.69. The summed E-state index contributed by atoms with van der Waals surface area (Å²) in [5.41, 5.74) is 2.00. The molecule has 0 fully saturated rings. The lowest BCUT2D eigenvalue weighted by Crippen LogP contribution is -2.36. The lowest BCUT2D eigenvalue weighted by molar-refractivity contribution is -0.173. The van der Waals surface area contributed by atoms with E-state index >= 15 is 0 Å². The van der Waals surface area contributed by atoms with Gasteiger partial charge in [0, 0.05) is 12.1 Å². The van der Waals surface area contributed by atoms with Crippen molar-refractivity contribution in [2.24, 2.45) is 0 Å². The van der Waals surface area contributed by atoms with Gasteiger partial charge in [-0.2, -0.15) is 18.3 Å². The van der Waals surface area contributed by atoms with Crippen LogP contribution in [-0.2, 0) is 0 Å². The first-order chi connectivity index (χ1) is 15.7. The zero-order valence-corrected chi connectivity index (χ0v) is 18.2. The van der Waals surface area contributed by atoms with E-state index < -0.39 is 24.2 Å². The number of hydrogen-bond acceptors (Lipinski definition) is 5. The first-order valence-corrected chi connectivity index (χ1v) is 10.2. The molecule has 2 aromatic carbocycles. The minimum Gasteiger partial charge on any atom is -0.493 e. The van der Waals surface area contributed by atoms with Crippen LogP contribution >= 0.6 is 0 Å². The highest BCUT2D eigenvalue weighted by Crippen LogP contribution is 2.45. The van der Waals surface area contributed by atoms with Gasteiger partial charge in [-0.3, -0.25) is 4.79 Å². The standard InChI is InChI=1S/C23H23F3N4O3/c1-13-6-4-5-7-16(13)29-22(31)15-12-27-30-20(23(24,25)26)11-17(28-21(15)30)14-8-9-18(32-2)19(10-14)33-3/h4-10,12,17,20,28H,11H2,1-3H3,(H,29,31)/t17-,20-/m1/s1. The first-order valence-electron chi connectivity index (χ1n) is 10.2. The molecule has 3 aromatic rings. The SMILES string of the molecule is COc1ccc([C@H]2C[C@H](C(F)(F)F)n3ncc(C(=O)Nc4ccccc4C)c3N2)cc1OC. The van der Waals surface area contributed by atoms with E-state index in [4.69, 9.17) is 9.47 Å². The number of amides is 1. The molecule has 1 aliphatic rings. The summed E-state index contributed by atoms with van der Waals surface area (Å²) in [6.45, 7) is 1.83. The number of alkyl halides is 3. The molecule has 4 rings (SSSR count). The Labute approximate surface area is 188 Å². The van der Waals surface area contributed by atoms with Crippen LogP contribution < -0.4 is 20.1 Å². The Kier molecular flexibility index (Phi) is 5.92. The minimum absolute atomic E-state index is 0.00874. The summed E-state index contributed by atoms with van der Waals surface area (Å²) in [5, 5.41) is 9.74. The van der Waals surface area contributed by atoms with Gasteiger partial charge in [0.05, 0.1) is 26.5 Å². The van der Waals surface area contributed by atoms with Gasteiger partial charge in [0.2, 0.25) is 0 Å². The topological polar surface area (TPSA) is 77.4 Å². The second kappa shape index (κ2) is 8.68. The molecule has 10 heteroatoms. The van der Waals surface area contributed by atoms with Crippen molar-refractivity contribution in [2.45, 2.75) is 31.6 Å². The maximum Gasteiger partial charge on any atom is 0.410 e. The highest BCUT2D eigenvalue weighted by molar-refractivity contribution is 6.07. The average molecular weight is 460 g/mol. The zero-order valence-electron chi connectivity index (χ0n) is 18.2. The molecule has 0 saturated heterocycles. The lowest BCUT2D eigenvalue weighted by Gasteiger charge is -2.34. The van der Waals surface area contributed by atoms with Gasteiger partial charge in [0.1, 0.15) is 11.4 Å². The van der Waals surface area contributed by atoms with Gasteiger partial charge in [0.15, 0.2) is 17.5 Å². The number of carbonyl (C=O) groups is 1. The van der Waals surface area contributed by atoms with Gasteiger partial charge in [-0.25, -0.2) is 4.68 Å². The summed E-state index contributed by atoms with van der Waals surface area (Å²) in [6.07, 6.45) is -3.69. The predicted molar refractivity (Wildman–Crippen MR) is 117 cm³/mol. The summed E-state index contributed by atoms with van der Waals surface area (Å²) in [5.74, 6) is 0.325. The number of aryl methyl sites for hydroxylation is 1. The molecule has 174 valence electrons. The van der Waals surface area contributed by atoms with E-state index in [1.807, 2.05) is 19.1 Å². The summed E-state index contributed by atoms with van der Waals surface area (Å²) in [6, 6.07) is 9.45. The number of carbonyl (C=O) groups excluding carboxylic acids is 1. The molecule has 1 aliphatic heterocycles. The molecule has 2 atom stereocenters. The van der Waals surface area contributed by atoms with Crippen LogP contribution in [0.25, 0.3) is 0 Å². The molecule has 1 aromatic heterocycles. The van der Waals surface area contributed by atoms with Crippen molar-refractivity contribution in [2.75, 3.05) is 24.9 Å². The summed E-state index contributed by atoms with van der Waals surface area (Å²) in [4.78, 5) is 13.0. The van der Waals surface area contributed by atoms with Crippen LogP contribution in [0.3, 0.4) is 0 Å². The van der Waals surface area contributed by atoms with E-state index in [2.05, 4.69) is 15.7 Å². The molecule has 0 bridgehead atoms. The van der Waals surface area contributed by atoms with Crippen LogP contribution in [0.4, 0.5) is 24.7 Å². The molecule has 1 amide bonds. The monoisotopic (exact) mass is 460 g/mol. The number of ether oxygens (including phenoxy) is 2. The zero-order chi connectivity index (χ0) is 23.8. The molecule has 0 aliphatic carbocycles. The van der Waals surface area contributed by atoms with E-state index in [1.54, 1.807) is 30.3 Å². The Morgan fingerprint density at radius 3 is 2.55 bits per heavy atom. The fourth-order valence-corrected chi connectivity index (χ4v) is 3.92. The average Bonchev–Trinajstić information content (AvgIpc) is 3.22. The predicted octanol–water partition coefficient (Wildman–Crippen LogP) is 5.12. The molecule has 0 unspecified atom stereocenters. The van der Waals surface area contributed by atoms with E-state index in [-0.39, 0.29) is 17.8 Å². The Morgan fingerprint density at radius 2 is 1.88 bits per heavy atom. The number of nitrogens with one attached hydrogen (secondary N) is 2. The number of rotatable bonds is 5. The maximum atomic E-state index is 13.9. The largest absolute Gasteiger partial charge is 0.493 e. The molecule has 7 nitrogen and oxygen atoms in total. The highest BCUT2D eigenvalue weighted by atomic mass is 19.4. The minimum atomic E-state index is -4.55. The fourth-order valence-electron chi connectivity index (χ4n) is 3.92. The van der Waals surface area contributed by atoms with Gasteiger partial charge in [-0.05, 0) is 36.2 Å². The Morgan fingerprint density at radius 1 is 1.15 bits per heavy atom. The molecular weight excluding hydrogens is 437 g/mol. The number of nitrogens with zero attached hydrogens (tertiary/aromatic N) is 2. The number of anilines is 2. The third-order valence-corrected chi connectivity index (χ3v) is 5.69. The number of fused-ring (bicyclic) bond motifs is 1. The number of halogens is 3. The fraction of sp³-hybridized carbons (Fsp3) is 0.304. The van der Waals surface area contributed by atoms with E-state index in [0.717, 1.165) is 16.4 Å². The second-order valence-electron chi connectivity index (χ2n) is 7.72. The quantitative estimate of drug-likeness (QED) is 0.553. The number of hydrogen-bond donors (Lipinski definition) is 2. The first kappa shape index (κ1) is 22.5. The maximum absolute atomic E-state index is 13.9. The van der Waals surface area contributed by atoms with Crippen molar-refractivity contribution < 1.29 is 27.4 Å². The molecular formula is C23H23F3N4O3. The molecule has 2 N–H and O–H groups in total. The Bertz CT molecular complexity index is 1180. The van der Waals surface area contributed by atoms with Crippen LogP contribution in [0.1, 0.15) is 40.0 Å². The number of aromatic nitrogens is 2. The van der Waals surface area contributed by atoms with E-state index in [0.29, 0.717) is 22.7 Å². The smallest absolute Gasteiger partial charge is 0.410 e. The molecule has 0 spiro atoms. The van der Waals surface area contributed by atoms with Gasteiger partial charge < -0.3 is 20.1 Å². The summed E-state index contributed by atoms with van der Waals surface area (Å²) < 4.78 is 53.2. The van der Waals surface area contributed by atoms with Crippen molar-refractivity contribution in [1.29, 1.82) is 0 Å². The van der Waals surface area contributed by atoms with Crippen molar-refractivity contribution in [3.63, 3.8) is 0 Å². The molecule has 0 radical (unpaired) electrons. The van der Waals surface area contributed by atoms with Gasteiger partial charge in [0.25, 0.3) is 5.91 Å². The van der Waals surface area contributed by atoms with E-state index in [1.165, 1.54) is 14.2 Å². The normalized spacial score (nSPS) is 17.6. The number of para-hydroxylation sites is 1. The number of benzene rings is 2. The third kappa shape index (κ3) is 4.33. The van der Waals surface area contributed by atoms with Crippen LogP contribution in [0, 0.1) is 6.92 Å². The van der Waals surface area contributed by atoms with E-state index in [9.17, 15) is 18.0 Å².